The van der Waals surface area contributed by atoms with Gasteiger partial charge in [-0.15, -0.1) is 0 Å². The summed E-state index contributed by atoms with van der Waals surface area (Å²) in [5.74, 6) is -0.474. The van der Waals surface area contributed by atoms with Gasteiger partial charge in [-0.1, -0.05) is 71.9 Å². The second-order valence-corrected chi connectivity index (χ2v) is 9.04. The van der Waals surface area contributed by atoms with Gasteiger partial charge in [-0.3, -0.25) is 9.59 Å². The van der Waals surface area contributed by atoms with E-state index in [0.29, 0.717) is 16.2 Å². The summed E-state index contributed by atoms with van der Waals surface area (Å²) in [6.45, 7) is 1.98. The van der Waals surface area contributed by atoms with E-state index < -0.39 is 11.9 Å². The fraction of sp³-hybridized carbons (Fsp3) is 0.0357. The molecule has 0 unspecified atom stereocenters. The number of ether oxygens (including phenoxy) is 2. The van der Waals surface area contributed by atoms with Crippen LogP contribution in [0.4, 0.5) is 10.5 Å². The van der Waals surface area contributed by atoms with Gasteiger partial charge < -0.3 is 15.2 Å². The van der Waals surface area contributed by atoms with E-state index in [1.807, 2.05) is 31.2 Å². The minimum absolute atomic E-state index is 0.0216. The smallest absolute Gasteiger partial charge is 0.395 e. The number of anilines is 1. The lowest BCUT2D eigenvalue weighted by Gasteiger charge is -2.23. The van der Waals surface area contributed by atoms with E-state index in [4.69, 9.17) is 15.2 Å². The number of nitrogen functional groups attached to an aromatic ring is 1. The normalized spacial score (nSPS) is 12.0. The molecule has 1 aliphatic rings. The van der Waals surface area contributed by atoms with E-state index in [9.17, 15) is 14.4 Å². The topological polar surface area (TPSA) is 95.7 Å². The molecule has 2 N–H and O–H groups in total. The van der Waals surface area contributed by atoms with Crippen molar-refractivity contribution in [3.05, 3.63) is 113 Å². The van der Waals surface area contributed by atoms with Crippen LogP contribution in [0.5, 0.6) is 11.5 Å². The number of ketones is 2. The fourth-order valence-corrected chi connectivity index (χ4v) is 4.84. The van der Waals surface area contributed by atoms with Gasteiger partial charge >= 0.3 is 6.16 Å². The first kappa shape index (κ1) is 22.4. The van der Waals surface area contributed by atoms with E-state index in [-0.39, 0.29) is 33.9 Å². The molecular formula is C28H19NO5S. The van der Waals surface area contributed by atoms with Crippen LogP contribution in [0.25, 0.3) is 0 Å². The molecule has 6 nitrogen and oxygen atoms in total. The van der Waals surface area contributed by atoms with Gasteiger partial charge in [-0.05, 0) is 37.3 Å². The first-order valence-corrected chi connectivity index (χ1v) is 11.6. The van der Waals surface area contributed by atoms with E-state index in [2.05, 4.69) is 0 Å². The molecule has 0 spiro atoms. The van der Waals surface area contributed by atoms with Gasteiger partial charge in [0.25, 0.3) is 0 Å². The third kappa shape index (κ3) is 4.29. The average Bonchev–Trinajstić information content (AvgIpc) is 2.86. The van der Waals surface area contributed by atoms with Crippen LogP contribution in [0.3, 0.4) is 0 Å². The maximum Gasteiger partial charge on any atom is 0.519 e. The lowest BCUT2D eigenvalue weighted by molar-refractivity contribution is 0.0977. The first-order chi connectivity index (χ1) is 16.9. The third-order valence-electron chi connectivity index (χ3n) is 5.55. The van der Waals surface area contributed by atoms with Crippen molar-refractivity contribution in [1.82, 2.24) is 0 Å². The highest BCUT2D eigenvalue weighted by Crippen LogP contribution is 2.44. The molecule has 0 heterocycles. The number of hydrogen-bond acceptors (Lipinski definition) is 7. The predicted molar refractivity (Wildman–Crippen MR) is 133 cm³/mol. The average molecular weight is 482 g/mol. The highest BCUT2D eigenvalue weighted by atomic mass is 32.2. The Morgan fingerprint density at radius 1 is 0.771 bits per heavy atom. The molecule has 0 amide bonds. The monoisotopic (exact) mass is 481 g/mol. The Morgan fingerprint density at radius 2 is 1.37 bits per heavy atom. The molecule has 1 aliphatic carbocycles. The Labute approximate surface area is 205 Å². The van der Waals surface area contributed by atoms with Crippen molar-refractivity contribution in [1.29, 1.82) is 0 Å². The summed E-state index contributed by atoms with van der Waals surface area (Å²) < 4.78 is 10.6. The number of fused-ring (bicyclic) bond motifs is 2. The molecule has 0 saturated carbocycles. The van der Waals surface area contributed by atoms with Gasteiger partial charge in [0.2, 0.25) is 0 Å². The Balaban J connectivity index is 1.60. The van der Waals surface area contributed by atoms with Gasteiger partial charge in [0, 0.05) is 20.9 Å². The number of hydrogen-bond donors (Lipinski definition) is 1. The zero-order chi connectivity index (χ0) is 24.5. The molecule has 4 aromatic carbocycles. The Hall–Kier alpha value is -4.36. The Bertz CT molecular complexity index is 1480. The molecule has 0 atom stereocenters. The third-order valence-corrected chi connectivity index (χ3v) is 6.60. The number of benzene rings is 4. The lowest BCUT2D eigenvalue weighted by Crippen LogP contribution is -2.24. The van der Waals surface area contributed by atoms with Gasteiger partial charge in [0.1, 0.15) is 5.75 Å². The number of carbonyl (C=O) groups excluding carboxylic acids is 3. The number of carbonyl (C=O) groups is 3. The van der Waals surface area contributed by atoms with Crippen LogP contribution < -0.4 is 15.2 Å². The molecule has 0 aromatic heterocycles. The number of para-hydroxylation sites is 1. The molecule has 0 saturated heterocycles. The van der Waals surface area contributed by atoms with Crippen molar-refractivity contribution in [2.75, 3.05) is 5.73 Å². The highest BCUT2D eigenvalue weighted by Gasteiger charge is 2.35. The van der Waals surface area contributed by atoms with E-state index in [1.54, 1.807) is 54.6 Å². The van der Waals surface area contributed by atoms with Gasteiger partial charge in [0.15, 0.2) is 17.3 Å². The highest BCUT2D eigenvalue weighted by molar-refractivity contribution is 7.99. The Kier molecular flexibility index (Phi) is 5.84. The van der Waals surface area contributed by atoms with Crippen LogP contribution in [-0.2, 0) is 0 Å². The van der Waals surface area contributed by atoms with Gasteiger partial charge in [-0.2, -0.15) is 0 Å². The van der Waals surface area contributed by atoms with Gasteiger partial charge in [-0.25, -0.2) is 4.79 Å². The Morgan fingerprint density at radius 3 is 2.03 bits per heavy atom. The van der Waals surface area contributed by atoms with Crippen molar-refractivity contribution in [2.24, 2.45) is 0 Å². The standard InChI is InChI=1S/C28H19NO5S/c1-16-11-13-18(14-12-16)35-22-15-21(34-28(32)33-17-7-3-2-4-8-17)25(29)24-23(22)26(30)19-9-5-6-10-20(19)27(24)31/h2-15H,29H2,1H3. The molecule has 7 heteroatoms. The molecular weight excluding hydrogens is 462 g/mol. The molecule has 0 fully saturated rings. The molecule has 5 rings (SSSR count). The van der Waals surface area contributed by atoms with Crippen LogP contribution in [0.2, 0.25) is 0 Å². The van der Waals surface area contributed by atoms with E-state index >= 15 is 0 Å². The molecule has 172 valence electrons. The maximum atomic E-state index is 13.5. The van der Waals surface area contributed by atoms with Crippen LogP contribution in [0.15, 0.2) is 94.7 Å². The van der Waals surface area contributed by atoms with Crippen molar-refractivity contribution in [3.8, 4) is 11.5 Å². The number of aryl methyl sites for hydroxylation is 1. The number of rotatable bonds is 4. The van der Waals surface area contributed by atoms with Crippen LogP contribution in [-0.4, -0.2) is 17.7 Å². The fourth-order valence-electron chi connectivity index (χ4n) is 3.85. The van der Waals surface area contributed by atoms with Crippen LogP contribution in [0.1, 0.15) is 37.4 Å². The summed E-state index contributed by atoms with van der Waals surface area (Å²) >= 11 is 1.28. The SMILES string of the molecule is Cc1ccc(Sc2cc(OC(=O)Oc3ccccc3)c(N)c3c2C(=O)c2ccccc2C3=O)cc1. The van der Waals surface area contributed by atoms with E-state index in [1.165, 1.54) is 17.8 Å². The van der Waals surface area contributed by atoms with Crippen LogP contribution >= 0.6 is 11.8 Å². The summed E-state index contributed by atoms with van der Waals surface area (Å²) in [4.78, 5) is 40.7. The van der Waals surface area contributed by atoms with Crippen molar-refractivity contribution < 1.29 is 23.9 Å². The zero-order valence-corrected chi connectivity index (χ0v) is 19.4. The van der Waals surface area contributed by atoms with Crippen molar-refractivity contribution >= 4 is 35.2 Å². The minimum atomic E-state index is -1.01. The maximum absolute atomic E-state index is 13.5. The quantitative estimate of drug-likeness (QED) is 0.189. The summed E-state index contributed by atoms with van der Waals surface area (Å²) in [5, 5.41) is 0. The second kappa shape index (κ2) is 9.12. The van der Waals surface area contributed by atoms with Crippen molar-refractivity contribution in [2.45, 2.75) is 16.7 Å². The summed E-state index contributed by atoms with van der Waals surface area (Å²) in [5.41, 5.74) is 8.10. The zero-order valence-electron chi connectivity index (χ0n) is 18.6. The summed E-state index contributed by atoms with van der Waals surface area (Å²) in [7, 11) is 0. The lowest BCUT2D eigenvalue weighted by atomic mass is 9.83. The summed E-state index contributed by atoms with van der Waals surface area (Å²) in [6, 6.07) is 24.3. The summed E-state index contributed by atoms with van der Waals surface area (Å²) in [6.07, 6.45) is -1.01. The minimum Gasteiger partial charge on any atom is -0.395 e. The largest absolute Gasteiger partial charge is 0.519 e. The molecule has 0 aliphatic heterocycles. The molecule has 35 heavy (non-hydrogen) atoms. The number of nitrogens with two attached hydrogens (primary N) is 1. The molecule has 0 radical (unpaired) electrons. The van der Waals surface area contributed by atoms with Crippen LogP contribution in [0, 0.1) is 6.92 Å². The van der Waals surface area contributed by atoms with E-state index in [0.717, 1.165) is 10.5 Å². The first-order valence-electron chi connectivity index (χ1n) is 10.8. The van der Waals surface area contributed by atoms with Crippen molar-refractivity contribution in [3.63, 3.8) is 0 Å². The second-order valence-electron chi connectivity index (χ2n) is 7.92. The van der Waals surface area contributed by atoms with Gasteiger partial charge in [0.05, 0.1) is 16.8 Å². The molecule has 4 aromatic rings. The molecule has 0 bridgehead atoms. The predicted octanol–water partition coefficient (Wildman–Crippen LogP) is 6.08.